The van der Waals surface area contributed by atoms with Crippen LogP contribution in [0.3, 0.4) is 0 Å². The molecule has 1 N–H and O–H groups in total. The van der Waals surface area contributed by atoms with Gasteiger partial charge < -0.3 is 0 Å². The summed E-state index contributed by atoms with van der Waals surface area (Å²) in [5.74, 6) is 0. The van der Waals surface area contributed by atoms with Crippen LogP contribution in [0.15, 0.2) is 11.8 Å². The lowest BCUT2D eigenvalue weighted by Gasteiger charge is -2.01. The molecule has 0 aliphatic heterocycles. The molecule has 0 atom stereocenters. The molecule has 12 heavy (non-hydrogen) atoms. The summed E-state index contributed by atoms with van der Waals surface area (Å²) >= 11 is 0. The van der Waals surface area contributed by atoms with E-state index in [9.17, 15) is 0 Å². The third-order valence-corrected chi connectivity index (χ3v) is 1.77. The summed E-state index contributed by atoms with van der Waals surface area (Å²) in [5.41, 5.74) is 3.90. The van der Waals surface area contributed by atoms with Crippen molar-refractivity contribution >= 4 is 0 Å². The summed E-state index contributed by atoms with van der Waals surface area (Å²) in [6, 6.07) is 0. The fraction of sp³-hybridized carbons (Fsp3) is 0.800. The third-order valence-electron chi connectivity index (χ3n) is 1.77. The summed E-state index contributed by atoms with van der Waals surface area (Å²) in [6.45, 7) is 4.25. The predicted molar refractivity (Wildman–Crippen MR) is 52.7 cm³/mol. The fourth-order valence-electron chi connectivity index (χ4n) is 1.09. The van der Waals surface area contributed by atoms with E-state index in [1.165, 1.54) is 25.7 Å². The van der Waals surface area contributed by atoms with Crippen molar-refractivity contribution in [2.45, 2.75) is 46.0 Å². The Morgan fingerprint density at radius 3 is 2.67 bits per heavy atom. The number of unbranched alkanes of at least 4 members (excludes halogenated alkanes) is 4. The second-order valence-corrected chi connectivity index (χ2v) is 3.04. The summed E-state index contributed by atoms with van der Waals surface area (Å²) in [6.07, 6.45) is 8.62. The van der Waals surface area contributed by atoms with Gasteiger partial charge in [-0.2, -0.15) is 0 Å². The zero-order chi connectivity index (χ0) is 9.23. The molecule has 0 aromatic carbocycles. The molecule has 72 valence electrons. The minimum Gasteiger partial charge on any atom is -0.280 e. The van der Waals surface area contributed by atoms with Crippen molar-refractivity contribution in [3.63, 3.8) is 0 Å². The van der Waals surface area contributed by atoms with Gasteiger partial charge in [-0.1, -0.05) is 32.3 Å². The van der Waals surface area contributed by atoms with E-state index in [0.29, 0.717) is 0 Å². The molecule has 0 heterocycles. The standard InChI is InChI=1S/C10H21NO/c1-4-5-6-7-8-9-10(2)11-12-3/h9,11H,4-8H2,1-3H3. The SMILES string of the molecule is CCCCCCC=C(C)NOC. The first-order chi connectivity index (χ1) is 5.81. The number of allylic oxidation sites excluding steroid dienone is 2. The van der Waals surface area contributed by atoms with Gasteiger partial charge in [-0.15, -0.1) is 0 Å². The molecule has 0 aliphatic carbocycles. The minimum absolute atomic E-state index is 1.11. The lowest BCUT2D eigenvalue weighted by Crippen LogP contribution is -2.07. The van der Waals surface area contributed by atoms with Crippen LogP contribution < -0.4 is 5.48 Å². The van der Waals surface area contributed by atoms with Gasteiger partial charge in [0.05, 0.1) is 7.11 Å². The van der Waals surface area contributed by atoms with E-state index < -0.39 is 0 Å². The van der Waals surface area contributed by atoms with Gasteiger partial charge in [0.25, 0.3) is 0 Å². The van der Waals surface area contributed by atoms with Gasteiger partial charge in [0.15, 0.2) is 0 Å². The molecule has 0 aliphatic rings. The van der Waals surface area contributed by atoms with Crippen LogP contribution in [0.2, 0.25) is 0 Å². The zero-order valence-electron chi connectivity index (χ0n) is 8.52. The maximum atomic E-state index is 4.76. The Balaban J connectivity index is 3.21. The smallest absolute Gasteiger partial charge is 0.0636 e. The van der Waals surface area contributed by atoms with E-state index in [-0.39, 0.29) is 0 Å². The van der Waals surface area contributed by atoms with Gasteiger partial charge in [-0.05, 0) is 19.8 Å². The Morgan fingerprint density at radius 2 is 2.08 bits per heavy atom. The maximum Gasteiger partial charge on any atom is 0.0636 e. The monoisotopic (exact) mass is 171 g/mol. The number of hydroxylamine groups is 1. The number of rotatable bonds is 7. The highest BCUT2D eigenvalue weighted by Crippen LogP contribution is 2.03. The molecule has 0 saturated heterocycles. The van der Waals surface area contributed by atoms with E-state index in [4.69, 9.17) is 4.84 Å². The third kappa shape index (κ3) is 7.61. The van der Waals surface area contributed by atoms with Crippen LogP contribution in [0.1, 0.15) is 46.0 Å². The normalized spacial score (nSPS) is 11.8. The Hall–Kier alpha value is -0.500. The van der Waals surface area contributed by atoms with Crippen LogP contribution in [0.5, 0.6) is 0 Å². The van der Waals surface area contributed by atoms with Gasteiger partial charge in [0.1, 0.15) is 0 Å². The predicted octanol–water partition coefficient (Wildman–Crippen LogP) is 3.01. The van der Waals surface area contributed by atoms with Gasteiger partial charge in [-0.3, -0.25) is 10.3 Å². The highest BCUT2D eigenvalue weighted by Gasteiger charge is 1.87. The molecule has 0 aromatic rings. The van der Waals surface area contributed by atoms with E-state index in [2.05, 4.69) is 18.5 Å². The van der Waals surface area contributed by atoms with E-state index in [0.717, 1.165) is 12.1 Å². The zero-order valence-corrected chi connectivity index (χ0v) is 8.52. The Morgan fingerprint density at radius 1 is 1.33 bits per heavy atom. The fourth-order valence-corrected chi connectivity index (χ4v) is 1.09. The minimum atomic E-state index is 1.11. The molecule has 0 unspecified atom stereocenters. The second-order valence-electron chi connectivity index (χ2n) is 3.04. The van der Waals surface area contributed by atoms with Crippen LogP contribution in [0, 0.1) is 0 Å². The van der Waals surface area contributed by atoms with Gasteiger partial charge in [0.2, 0.25) is 0 Å². The Bertz CT molecular complexity index is 121. The molecule has 0 amide bonds. The summed E-state index contributed by atoms with van der Waals surface area (Å²) in [7, 11) is 1.63. The van der Waals surface area contributed by atoms with Crippen molar-refractivity contribution in [2.75, 3.05) is 7.11 Å². The molecule has 0 rings (SSSR count). The van der Waals surface area contributed by atoms with Crippen LogP contribution in [0.4, 0.5) is 0 Å². The molecule has 0 radical (unpaired) electrons. The Labute approximate surface area is 76.0 Å². The molecular formula is C10H21NO. The van der Waals surface area contributed by atoms with Crippen LogP contribution in [-0.2, 0) is 4.84 Å². The van der Waals surface area contributed by atoms with E-state index in [1.54, 1.807) is 7.11 Å². The molecule has 0 fully saturated rings. The van der Waals surface area contributed by atoms with Crippen molar-refractivity contribution in [1.29, 1.82) is 0 Å². The average Bonchev–Trinajstić information content (AvgIpc) is 2.05. The highest BCUT2D eigenvalue weighted by atomic mass is 16.6. The molecule has 0 bridgehead atoms. The van der Waals surface area contributed by atoms with Crippen molar-refractivity contribution in [1.82, 2.24) is 5.48 Å². The van der Waals surface area contributed by atoms with Crippen molar-refractivity contribution < 1.29 is 4.84 Å². The largest absolute Gasteiger partial charge is 0.280 e. The molecule has 2 heteroatoms. The molecule has 2 nitrogen and oxygen atoms in total. The Kier molecular flexibility index (Phi) is 8.24. The number of hydrogen-bond acceptors (Lipinski definition) is 2. The van der Waals surface area contributed by atoms with Crippen molar-refractivity contribution in [2.24, 2.45) is 0 Å². The second kappa shape index (κ2) is 8.60. The molecule has 0 aromatic heterocycles. The topological polar surface area (TPSA) is 21.3 Å². The maximum absolute atomic E-state index is 4.76. The van der Waals surface area contributed by atoms with Crippen LogP contribution in [-0.4, -0.2) is 7.11 Å². The summed E-state index contributed by atoms with van der Waals surface area (Å²) in [5, 5.41) is 0. The van der Waals surface area contributed by atoms with Gasteiger partial charge in [0, 0.05) is 5.70 Å². The van der Waals surface area contributed by atoms with E-state index in [1.807, 2.05) is 6.92 Å². The summed E-state index contributed by atoms with van der Waals surface area (Å²) < 4.78 is 0. The summed E-state index contributed by atoms with van der Waals surface area (Å²) in [4.78, 5) is 4.76. The van der Waals surface area contributed by atoms with Crippen LogP contribution in [0.25, 0.3) is 0 Å². The molecule has 0 saturated carbocycles. The molecular weight excluding hydrogens is 150 g/mol. The van der Waals surface area contributed by atoms with E-state index >= 15 is 0 Å². The average molecular weight is 171 g/mol. The van der Waals surface area contributed by atoms with Crippen molar-refractivity contribution in [3.05, 3.63) is 11.8 Å². The quantitative estimate of drug-likeness (QED) is 0.469. The highest BCUT2D eigenvalue weighted by molar-refractivity contribution is 4.92. The number of hydrogen-bond donors (Lipinski definition) is 1. The lowest BCUT2D eigenvalue weighted by molar-refractivity contribution is 0.118. The first kappa shape index (κ1) is 11.5. The molecule has 0 spiro atoms. The number of nitrogens with one attached hydrogen (secondary N) is 1. The lowest BCUT2D eigenvalue weighted by atomic mass is 10.1. The van der Waals surface area contributed by atoms with Crippen molar-refractivity contribution in [3.8, 4) is 0 Å². The van der Waals surface area contributed by atoms with Gasteiger partial charge in [-0.25, -0.2) is 0 Å². The first-order valence-electron chi connectivity index (χ1n) is 4.77. The van der Waals surface area contributed by atoms with Crippen LogP contribution >= 0.6 is 0 Å². The first-order valence-corrected chi connectivity index (χ1v) is 4.77. The van der Waals surface area contributed by atoms with Gasteiger partial charge >= 0.3 is 0 Å².